The Morgan fingerprint density at radius 3 is 1.83 bits per heavy atom. The fraction of sp³-hybridized carbons (Fsp3) is 0.176. The Balaban J connectivity index is 2.14. The number of hydrogen-bond acceptors (Lipinski definition) is 0. The lowest BCUT2D eigenvalue weighted by Gasteiger charge is -2.29. The Kier molecular flexibility index (Phi) is 2.92. The Labute approximate surface area is 110 Å². The summed E-state index contributed by atoms with van der Waals surface area (Å²) in [7, 11) is -1.71. The van der Waals surface area contributed by atoms with Crippen LogP contribution in [0.2, 0.25) is 6.55 Å². The van der Waals surface area contributed by atoms with Gasteiger partial charge in [0.1, 0.15) is 8.07 Å². The van der Waals surface area contributed by atoms with Crippen LogP contribution in [0.15, 0.2) is 77.2 Å². The summed E-state index contributed by atoms with van der Waals surface area (Å²) >= 11 is 0. The maximum Gasteiger partial charge on any atom is 0.144 e. The third kappa shape index (κ3) is 1.75. The largest absolute Gasteiger partial charge is 0.144 e. The normalized spacial score (nSPS) is 18.1. The molecule has 90 valence electrons. The Bertz CT molecular complexity index is 529. The van der Waals surface area contributed by atoms with Crippen molar-refractivity contribution < 1.29 is 0 Å². The molecule has 0 heterocycles. The second-order valence-electron chi connectivity index (χ2n) is 5.09. The number of allylic oxidation sites excluding steroid dienone is 8. The van der Waals surface area contributed by atoms with Crippen LogP contribution in [-0.4, -0.2) is 8.07 Å². The zero-order valence-corrected chi connectivity index (χ0v) is 11.8. The van der Waals surface area contributed by atoms with Crippen LogP contribution >= 0.6 is 0 Å². The Morgan fingerprint density at radius 1 is 0.833 bits per heavy atom. The molecule has 0 saturated heterocycles. The van der Waals surface area contributed by atoms with E-state index in [2.05, 4.69) is 73.3 Å². The molecule has 1 aromatic carbocycles. The van der Waals surface area contributed by atoms with E-state index >= 15 is 0 Å². The van der Waals surface area contributed by atoms with E-state index in [0.29, 0.717) is 0 Å². The fourth-order valence-electron chi connectivity index (χ4n) is 2.93. The predicted octanol–water partition coefficient (Wildman–Crippen LogP) is 3.82. The molecule has 1 aromatic rings. The summed E-state index contributed by atoms with van der Waals surface area (Å²) in [4.78, 5) is 0. The highest BCUT2D eigenvalue weighted by Gasteiger charge is 2.36. The van der Waals surface area contributed by atoms with Crippen molar-refractivity contribution in [3.63, 3.8) is 0 Å². The van der Waals surface area contributed by atoms with Gasteiger partial charge in [-0.25, -0.2) is 0 Å². The highest BCUT2D eigenvalue weighted by molar-refractivity contribution is 7.03. The van der Waals surface area contributed by atoms with E-state index in [-0.39, 0.29) is 0 Å². The summed E-state index contributed by atoms with van der Waals surface area (Å²) in [6.07, 6.45) is 16.3. The molecule has 0 fully saturated rings. The molecule has 3 rings (SSSR count). The quantitative estimate of drug-likeness (QED) is 0.715. The first-order valence-electron chi connectivity index (χ1n) is 6.62. The molecule has 0 nitrogen and oxygen atoms in total. The van der Waals surface area contributed by atoms with Gasteiger partial charge in [-0.1, -0.05) is 83.7 Å². The third-order valence-corrected chi connectivity index (χ3v) is 8.59. The van der Waals surface area contributed by atoms with Gasteiger partial charge in [-0.05, 0) is 18.0 Å². The Hall–Kier alpha value is -1.60. The minimum atomic E-state index is -1.71. The van der Waals surface area contributed by atoms with Gasteiger partial charge in [-0.15, -0.1) is 0 Å². The monoisotopic (exact) mass is 250 g/mol. The molecular weight excluding hydrogens is 232 g/mol. The topological polar surface area (TPSA) is 0 Å². The molecule has 2 aliphatic carbocycles. The van der Waals surface area contributed by atoms with Crippen LogP contribution in [-0.2, 0) is 0 Å². The third-order valence-electron chi connectivity index (χ3n) is 4.05. The van der Waals surface area contributed by atoms with Crippen molar-refractivity contribution in [1.29, 1.82) is 0 Å². The van der Waals surface area contributed by atoms with E-state index in [4.69, 9.17) is 0 Å². The standard InChI is InChI=1S/C17H18Si/c1-18(16-11-5-6-12-16,17-13-7-8-14-17)15-9-3-2-4-10-15/h2-5,7,9-14H,6,8H2,1H3. The van der Waals surface area contributed by atoms with Crippen LogP contribution in [0.5, 0.6) is 0 Å². The van der Waals surface area contributed by atoms with E-state index in [1.807, 2.05) is 0 Å². The van der Waals surface area contributed by atoms with E-state index in [1.54, 1.807) is 10.4 Å². The molecule has 0 unspecified atom stereocenters. The lowest BCUT2D eigenvalue weighted by molar-refractivity contribution is 1.44. The second-order valence-corrected chi connectivity index (χ2v) is 9.07. The maximum atomic E-state index is 2.48. The highest BCUT2D eigenvalue weighted by atomic mass is 28.3. The number of benzene rings is 1. The zero-order chi connectivity index (χ0) is 12.4. The van der Waals surface area contributed by atoms with Crippen LogP contribution in [0, 0.1) is 0 Å². The first-order chi connectivity index (χ1) is 8.82. The van der Waals surface area contributed by atoms with Gasteiger partial charge in [0.2, 0.25) is 0 Å². The molecule has 0 saturated carbocycles. The van der Waals surface area contributed by atoms with Crippen molar-refractivity contribution in [2.24, 2.45) is 0 Å². The van der Waals surface area contributed by atoms with Crippen LogP contribution in [0.25, 0.3) is 0 Å². The van der Waals surface area contributed by atoms with Crippen molar-refractivity contribution in [3.8, 4) is 0 Å². The van der Waals surface area contributed by atoms with Crippen LogP contribution in [0.1, 0.15) is 12.8 Å². The number of hydrogen-bond donors (Lipinski definition) is 0. The van der Waals surface area contributed by atoms with Crippen LogP contribution in [0.3, 0.4) is 0 Å². The van der Waals surface area contributed by atoms with Crippen LogP contribution in [0.4, 0.5) is 0 Å². The Morgan fingerprint density at radius 2 is 1.39 bits per heavy atom. The van der Waals surface area contributed by atoms with E-state index < -0.39 is 8.07 Å². The second kappa shape index (κ2) is 4.58. The molecule has 0 amide bonds. The van der Waals surface area contributed by atoms with Crippen molar-refractivity contribution >= 4 is 13.3 Å². The van der Waals surface area contributed by atoms with Crippen LogP contribution < -0.4 is 5.19 Å². The van der Waals surface area contributed by atoms with Gasteiger partial charge in [-0.2, -0.15) is 0 Å². The predicted molar refractivity (Wildman–Crippen MR) is 81.4 cm³/mol. The molecule has 0 atom stereocenters. The summed E-state index contributed by atoms with van der Waals surface area (Å²) in [5, 5.41) is 4.64. The molecule has 0 bridgehead atoms. The van der Waals surface area contributed by atoms with Gasteiger partial charge < -0.3 is 0 Å². The molecule has 0 aliphatic heterocycles. The van der Waals surface area contributed by atoms with Gasteiger partial charge in [-0.3, -0.25) is 0 Å². The molecule has 2 aliphatic rings. The van der Waals surface area contributed by atoms with Gasteiger partial charge in [0, 0.05) is 0 Å². The van der Waals surface area contributed by atoms with Crippen molar-refractivity contribution in [2.45, 2.75) is 19.4 Å². The molecule has 0 aromatic heterocycles. The lowest BCUT2D eigenvalue weighted by atomic mass is 10.4. The summed E-state index contributed by atoms with van der Waals surface area (Å²) in [5.74, 6) is 0. The first-order valence-corrected chi connectivity index (χ1v) is 9.12. The highest BCUT2D eigenvalue weighted by Crippen LogP contribution is 2.31. The smallest absolute Gasteiger partial charge is 0.0808 e. The summed E-state index contributed by atoms with van der Waals surface area (Å²) in [5.41, 5.74) is 0. The summed E-state index contributed by atoms with van der Waals surface area (Å²) in [6.45, 7) is 2.48. The van der Waals surface area contributed by atoms with Crippen molar-refractivity contribution in [3.05, 3.63) is 77.2 Å². The molecule has 1 heteroatoms. The lowest BCUT2D eigenvalue weighted by Crippen LogP contribution is -2.48. The molecule has 0 radical (unpaired) electrons. The first kappa shape index (κ1) is 11.5. The average Bonchev–Trinajstić information content (AvgIpc) is 3.12. The van der Waals surface area contributed by atoms with Crippen molar-refractivity contribution in [2.75, 3.05) is 0 Å². The zero-order valence-electron chi connectivity index (χ0n) is 10.8. The average molecular weight is 250 g/mol. The van der Waals surface area contributed by atoms with Crippen molar-refractivity contribution in [1.82, 2.24) is 0 Å². The van der Waals surface area contributed by atoms with Gasteiger partial charge >= 0.3 is 0 Å². The fourth-order valence-corrected chi connectivity index (χ4v) is 6.74. The van der Waals surface area contributed by atoms with Gasteiger partial charge in [0.25, 0.3) is 0 Å². The van der Waals surface area contributed by atoms with E-state index in [0.717, 1.165) is 12.8 Å². The SMILES string of the molecule is C[Si](C1=CCC=C1)(C1=CCC=C1)c1ccccc1. The van der Waals surface area contributed by atoms with Gasteiger partial charge in [0.05, 0.1) is 0 Å². The molecule has 18 heavy (non-hydrogen) atoms. The minimum absolute atomic E-state index is 1.10. The van der Waals surface area contributed by atoms with E-state index in [9.17, 15) is 0 Å². The summed E-state index contributed by atoms with van der Waals surface area (Å²) in [6, 6.07) is 11.0. The minimum Gasteiger partial charge on any atom is -0.0808 e. The summed E-state index contributed by atoms with van der Waals surface area (Å²) < 4.78 is 0. The maximum absolute atomic E-state index is 2.48. The molecule has 0 N–H and O–H groups in total. The van der Waals surface area contributed by atoms with Gasteiger partial charge in [0.15, 0.2) is 0 Å². The number of rotatable bonds is 3. The molecule has 0 spiro atoms. The van der Waals surface area contributed by atoms with E-state index in [1.165, 1.54) is 5.19 Å². The molecular formula is C17H18Si.